The Labute approximate surface area is 135 Å². The summed E-state index contributed by atoms with van der Waals surface area (Å²) in [6.45, 7) is 2.04. The molecule has 0 radical (unpaired) electrons. The van der Waals surface area contributed by atoms with E-state index in [1.54, 1.807) is 6.92 Å². The summed E-state index contributed by atoms with van der Waals surface area (Å²) in [4.78, 5) is 11.7. The number of aromatic amines is 1. The monoisotopic (exact) mass is 368 g/mol. The van der Waals surface area contributed by atoms with Crippen molar-refractivity contribution < 1.29 is 9.53 Å². The molecule has 1 heterocycles. The number of halogens is 1. The molecule has 0 atom stereocenters. The maximum Gasteiger partial charge on any atom is 0.343 e. The van der Waals surface area contributed by atoms with Crippen molar-refractivity contribution in [2.75, 3.05) is 17.2 Å². The number of benzene rings is 1. The van der Waals surface area contributed by atoms with Gasteiger partial charge in [-0.05, 0) is 43.4 Å². The van der Waals surface area contributed by atoms with Crippen LogP contribution < -0.4 is 10.6 Å². The van der Waals surface area contributed by atoms with Gasteiger partial charge in [-0.1, -0.05) is 15.9 Å². The van der Waals surface area contributed by atoms with Crippen molar-refractivity contribution in [2.24, 2.45) is 0 Å². The lowest BCUT2D eigenvalue weighted by Gasteiger charge is -2.10. The highest BCUT2D eigenvalue weighted by Crippen LogP contribution is 2.16. The van der Waals surface area contributed by atoms with E-state index in [1.807, 2.05) is 24.3 Å². The molecule has 2 rings (SSSR count). The molecule has 0 saturated heterocycles. The summed E-state index contributed by atoms with van der Waals surface area (Å²) in [5.74, 6) is -0.0664. The van der Waals surface area contributed by atoms with Crippen LogP contribution in [-0.4, -0.2) is 27.9 Å². The van der Waals surface area contributed by atoms with Gasteiger partial charge in [0.15, 0.2) is 5.11 Å². The molecule has 0 spiro atoms. The Morgan fingerprint density at radius 3 is 2.76 bits per heavy atom. The molecule has 0 unspecified atom stereocenters. The van der Waals surface area contributed by atoms with E-state index in [9.17, 15) is 4.79 Å². The minimum Gasteiger partial charge on any atom is -0.462 e. The second-order valence-electron chi connectivity index (χ2n) is 3.97. The standard InChI is InChI=1S/C13H13BrN4O2S/c1-2-20-12(19)10-7-15-18-11(10)17-13(21)16-9-5-3-8(14)4-6-9/h3-7H,2H2,1H3,(H3,15,16,17,18,21). The molecule has 3 N–H and O–H groups in total. The average molecular weight is 369 g/mol. The van der Waals surface area contributed by atoms with Crippen LogP contribution in [0.25, 0.3) is 0 Å². The molecule has 1 aromatic carbocycles. The van der Waals surface area contributed by atoms with Crippen molar-refractivity contribution in [3.05, 3.63) is 40.5 Å². The highest BCUT2D eigenvalue weighted by atomic mass is 79.9. The summed E-state index contributed by atoms with van der Waals surface area (Å²) < 4.78 is 5.91. The zero-order valence-corrected chi connectivity index (χ0v) is 13.5. The number of nitrogens with zero attached hydrogens (tertiary/aromatic N) is 1. The average Bonchev–Trinajstić information content (AvgIpc) is 2.90. The number of carbonyl (C=O) groups excluding carboxylic acids is 1. The van der Waals surface area contributed by atoms with Crippen LogP contribution >= 0.6 is 28.1 Å². The molecular weight excluding hydrogens is 356 g/mol. The van der Waals surface area contributed by atoms with Gasteiger partial charge in [0.05, 0.1) is 12.8 Å². The molecule has 8 heteroatoms. The van der Waals surface area contributed by atoms with E-state index in [0.717, 1.165) is 10.2 Å². The molecule has 0 aliphatic heterocycles. The Kier molecular flexibility index (Phi) is 5.29. The van der Waals surface area contributed by atoms with Crippen molar-refractivity contribution >= 4 is 50.7 Å². The van der Waals surface area contributed by atoms with Crippen LogP contribution in [0.1, 0.15) is 17.3 Å². The van der Waals surface area contributed by atoms with Gasteiger partial charge >= 0.3 is 5.97 Å². The predicted octanol–water partition coefficient (Wildman–Crippen LogP) is 3.16. The van der Waals surface area contributed by atoms with E-state index in [1.165, 1.54) is 6.20 Å². The fourth-order valence-corrected chi connectivity index (χ4v) is 2.04. The first kappa shape index (κ1) is 15.5. The lowest BCUT2D eigenvalue weighted by molar-refractivity contribution is 0.0527. The Balaban J connectivity index is 2.01. The molecule has 110 valence electrons. The van der Waals surface area contributed by atoms with Crippen LogP contribution in [0.5, 0.6) is 0 Å². The maximum atomic E-state index is 11.7. The first-order chi connectivity index (χ1) is 10.1. The molecule has 0 fully saturated rings. The third kappa shape index (κ3) is 4.27. The molecule has 1 aromatic heterocycles. The van der Waals surface area contributed by atoms with Crippen molar-refractivity contribution in [2.45, 2.75) is 6.92 Å². The lowest BCUT2D eigenvalue weighted by Crippen LogP contribution is -2.21. The minimum atomic E-state index is -0.458. The molecule has 0 aliphatic carbocycles. The van der Waals surface area contributed by atoms with Gasteiger partial charge in [0.1, 0.15) is 11.4 Å². The Morgan fingerprint density at radius 2 is 2.10 bits per heavy atom. The first-order valence-electron chi connectivity index (χ1n) is 6.14. The van der Waals surface area contributed by atoms with Gasteiger partial charge in [-0.15, -0.1) is 0 Å². The Bertz CT molecular complexity index is 642. The van der Waals surface area contributed by atoms with E-state index in [0.29, 0.717) is 23.1 Å². The van der Waals surface area contributed by atoms with Crippen LogP contribution in [0, 0.1) is 0 Å². The number of nitrogens with one attached hydrogen (secondary N) is 3. The van der Waals surface area contributed by atoms with E-state index >= 15 is 0 Å². The van der Waals surface area contributed by atoms with Gasteiger partial charge in [-0.25, -0.2) is 4.79 Å². The van der Waals surface area contributed by atoms with Gasteiger partial charge in [0.2, 0.25) is 0 Å². The normalized spacial score (nSPS) is 10.0. The Hall–Kier alpha value is -1.93. The predicted molar refractivity (Wildman–Crippen MR) is 88.5 cm³/mol. The van der Waals surface area contributed by atoms with Gasteiger partial charge in [-0.2, -0.15) is 5.10 Å². The van der Waals surface area contributed by atoms with E-state index < -0.39 is 5.97 Å². The van der Waals surface area contributed by atoms with Gasteiger partial charge in [-0.3, -0.25) is 5.10 Å². The second kappa shape index (κ2) is 7.19. The number of esters is 1. The third-order valence-electron chi connectivity index (χ3n) is 2.48. The number of H-pyrrole nitrogens is 1. The number of anilines is 2. The lowest BCUT2D eigenvalue weighted by atomic mass is 10.3. The summed E-state index contributed by atoms with van der Waals surface area (Å²) in [6, 6.07) is 7.53. The van der Waals surface area contributed by atoms with Gasteiger partial charge in [0.25, 0.3) is 0 Å². The quantitative estimate of drug-likeness (QED) is 0.568. The summed E-state index contributed by atoms with van der Waals surface area (Å²) >= 11 is 8.55. The van der Waals surface area contributed by atoms with Crippen molar-refractivity contribution in [3.63, 3.8) is 0 Å². The fraction of sp³-hybridized carbons (Fsp3) is 0.154. The number of carbonyl (C=O) groups is 1. The smallest absolute Gasteiger partial charge is 0.343 e. The highest BCUT2D eigenvalue weighted by molar-refractivity contribution is 9.10. The molecular formula is C13H13BrN4O2S. The second-order valence-corrected chi connectivity index (χ2v) is 5.29. The molecule has 6 nitrogen and oxygen atoms in total. The van der Waals surface area contributed by atoms with Crippen LogP contribution in [0.15, 0.2) is 34.9 Å². The minimum absolute atomic E-state index is 0.297. The number of hydrogen-bond donors (Lipinski definition) is 3. The topological polar surface area (TPSA) is 79.0 Å². The number of aromatic nitrogens is 2. The summed E-state index contributed by atoms with van der Waals surface area (Å²) in [6.07, 6.45) is 1.39. The van der Waals surface area contributed by atoms with Crippen LogP contribution in [0.3, 0.4) is 0 Å². The third-order valence-corrected chi connectivity index (χ3v) is 3.21. The number of ether oxygens (including phenoxy) is 1. The molecule has 0 bridgehead atoms. The van der Waals surface area contributed by atoms with Crippen LogP contribution in [-0.2, 0) is 4.74 Å². The summed E-state index contributed by atoms with van der Waals surface area (Å²) in [5.41, 5.74) is 1.13. The van der Waals surface area contributed by atoms with Gasteiger partial charge < -0.3 is 15.4 Å². The molecule has 21 heavy (non-hydrogen) atoms. The van der Waals surface area contributed by atoms with Crippen molar-refractivity contribution in [1.29, 1.82) is 0 Å². The van der Waals surface area contributed by atoms with Crippen molar-refractivity contribution in [3.8, 4) is 0 Å². The summed E-state index contributed by atoms with van der Waals surface area (Å²) in [7, 11) is 0. The van der Waals surface area contributed by atoms with E-state index in [2.05, 4.69) is 36.8 Å². The maximum absolute atomic E-state index is 11.7. The highest BCUT2D eigenvalue weighted by Gasteiger charge is 2.15. The Morgan fingerprint density at radius 1 is 1.38 bits per heavy atom. The molecule has 0 saturated carbocycles. The molecule has 0 aliphatic rings. The van der Waals surface area contributed by atoms with E-state index in [-0.39, 0.29) is 0 Å². The number of rotatable bonds is 4. The number of hydrogen-bond acceptors (Lipinski definition) is 4. The molecule has 0 amide bonds. The zero-order valence-electron chi connectivity index (χ0n) is 11.1. The SMILES string of the molecule is CCOC(=O)c1cn[nH]c1NC(=S)Nc1ccc(Br)cc1. The summed E-state index contributed by atoms with van der Waals surface area (Å²) in [5, 5.41) is 12.7. The largest absolute Gasteiger partial charge is 0.462 e. The fourth-order valence-electron chi connectivity index (χ4n) is 1.55. The van der Waals surface area contributed by atoms with Crippen LogP contribution in [0.2, 0.25) is 0 Å². The van der Waals surface area contributed by atoms with E-state index in [4.69, 9.17) is 17.0 Å². The van der Waals surface area contributed by atoms with Crippen molar-refractivity contribution in [1.82, 2.24) is 10.2 Å². The zero-order chi connectivity index (χ0) is 15.2. The molecule has 2 aromatic rings. The number of thiocarbonyl (C=S) groups is 1. The van der Waals surface area contributed by atoms with Gasteiger partial charge in [0, 0.05) is 10.2 Å². The first-order valence-corrected chi connectivity index (χ1v) is 7.34. The van der Waals surface area contributed by atoms with Crippen LogP contribution in [0.4, 0.5) is 11.5 Å².